The Balaban J connectivity index is 1.62. The van der Waals surface area contributed by atoms with E-state index in [1.165, 1.54) is 30.3 Å². The van der Waals surface area contributed by atoms with Crippen LogP contribution in [0.2, 0.25) is 0 Å². The summed E-state index contributed by atoms with van der Waals surface area (Å²) >= 11 is 0. The molecule has 32 heavy (non-hydrogen) atoms. The zero-order valence-electron chi connectivity index (χ0n) is 16.5. The summed E-state index contributed by atoms with van der Waals surface area (Å²) in [5.41, 5.74) is 3.34. The van der Waals surface area contributed by atoms with E-state index >= 15 is 0 Å². The van der Waals surface area contributed by atoms with E-state index in [1.54, 1.807) is 36.5 Å². The van der Waals surface area contributed by atoms with Gasteiger partial charge >= 0.3 is 0 Å². The van der Waals surface area contributed by atoms with Gasteiger partial charge in [-0.1, -0.05) is 12.1 Å². The third-order valence-corrected chi connectivity index (χ3v) is 5.12. The zero-order valence-corrected chi connectivity index (χ0v) is 16.5. The summed E-state index contributed by atoms with van der Waals surface area (Å²) in [4.78, 5) is 13.4. The Morgan fingerprint density at radius 3 is 2.50 bits per heavy atom. The number of aromatic hydroxyl groups is 2. The van der Waals surface area contributed by atoms with E-state index in [0.717, 1.165) is 0 Å². The average molecular weight is 430 g/mol. The lowest BCUT2D eigenvalue weighted by molar-refractivity contribution is 0.404. The number of aliphatic imine (C=N–C) groups is 1. The number of benzene rings is 3. The molecule has 0 atom stereocenters. The lowest BCUT2D eigenvalue weighted by Gasteiger charge is -2.13. The van der Waals surface area contributed by atoms with Gasteiger partial charge in [-0.25, -0.2) is 18.7 Å². The van der Waals surface area contributed by atoms with Gasteiger partial charge < -0.3 is 15.5 Å². The third-order valence-electron chi connectivity index (χ3n) is 5.12. The van der Waals surface area contributed by atoms with Crippen LogP contribution in [0.25, 0.3) is 11.3 Å². The zero-order chi connectivity index (χ0) is 22.2. The first kappa shape index (κ1) is 19.6. The minimum absolute atomic E-state index is 0.190. The van der Waals surface area contributed by atoms with Crippen molar-refractivity contribution in [2.75, 3.05) is 5.32 Å². The maximum Gasteiger partial charge on any atom is 0.227 e. The Bertz CT molecular complexity index is 1390. The van der Waals surface area contributed by atoms with Crippen LogP contribution in [0.4, 0.5) is 20.4 Å². The van der Waals surface area contributed by atoms with Crippen molar-refractivity contribution in [2.24, 2.45) is 4.99 Å². The molecule has 3 N–H and O–H groups in total. The Morgan fingerprint density at radius 2 is 1.69 bits per heavy atom. The Labute approximate surface area is 181 Å². The largest absolute Gasteiger partial charge is 0.504 e. The first-order chi connectivity index (χ1) is 15.5. The molecule has 0 amide bonds. The molecule has 0 bridgehead atoms. The number of phenolic OH excluding ortho intramolecular Hbond substituents is 2. The topological polar surface area (TPSA) is 90.6 Å². The minimum atomic E-state index is -0.457. The molecule has 0 fully saturated rings. The molecule has 0 spiro atoms. The van der Waals surface area contributed by atoms with Crippen LogP contribution in [0.5, 0.6) is 11.5 Å². The van der Waals surface area contributed by atoms with E-state index in [0.29, 0.717) is 39.3 Å². The van der Waals surface area contributed by atoms with Crippen molar-refractivity contribution < 1.29 is 19.0 Å². The van der Waals surface area contributed by atoms with E-state index in [4.69, 9.17) is 0 Å². The lowest BCUT2D eigenvalue weighted by atomic mass is 9.95. The van der Waals surface area contributed by atoms with Crippen molar-refractivity contribution >= 4 is 17.3 Å². The fourth-order valence-electron chi connectivity index (χ4n) is 3.60. The van der Waals surface area contributed by atoms with Crippen LogP contribution in [0.1, 0.15) is 16.7 Å². The molecule has 4 aromatic rings. The van der Waals surface area contributed by atoms with E-state index in [2.05, 4.69) is 20.3 Å². The van der Waals surface area contributed by atoms with Crippen molar-refractivity contribution in [3.63, 3.8) is 0 Å². The second-order valence-corrected chi connectivity index (χ2v) is 7.23. The summed E-state index contributed by atoms with van der Waals surface area (Å²) in [6.07, 6.45) is 1.58. The van der Waals surface area contributed by atoms with Gasteiger partial charge in [-0.15, -0.1) is 0 Å². The number of anilines is 2. The van der Waals surface area contributed by atoms with Crippen molar-refractivity contribution in [1.29, 1.82) is 0 Å². The van der Waals surface area contributed by atoms with Crippen LogP contribution in [-0.2, 0) is 6.54 Å². The molecule has 0 unspecified atom stereocenters. The van der Waals surface area contributed by atoms with Crippen LogP contribution < -0.4 is 5.32 Å². The highest BCUT2D eigenvalue weighted by Gasteiger charge is 2.23. The number of phenols is 2. The Hall–Kier alpha value is -4.33. The van der Waals surface area contributed by atoms with Gasteiger partial charge in [0.05, 0.1) is 18.0 Å². The molecule has 0 saturated carbocycles. The van der Waals surface area contributed by atoms with Crippen molar-refractivity contribution in [3.8, 4) is 22.8 Å². The quantitative estimate of drug-likeness (QED) is 0.317. The molecule has 5 rings (SSSR count). The second kappa shape index (κ2) is 7.73. The van der Waals surface area contributed by atoms with Gasteiger partial charge in [0.1, 0.15) is 11.6 Å². The number of nitrogens with one attached hydrogen (secondary N) is 1. The van der Waals surface area contributed by atoms with E-state index in [-0.39, 0.29) is 24.0 Å². The summed E-state index contributed by atoms with van der Waals surface area (Å²) in [6, 6.07) is 14.7. The van der Waals surface area contributed by atoms with Crippen molar-refractivity contribution in [2.45, 2.75) is 6.54 Å². The molecule has 6 nitrogen and oxygen atoms in total. The van der Waals surface area contributed by atoms with Gasteiger partial charge in [-0.3, -0.25) is 4.99 Å². The highest BCUT2D eigenvalue weighted by molar-refractivity contribution is 6.16. The van der Waals surface area contributed by atoms with Gasteiger partial charge in [0, 0.05) is 40.2 Å². The molecule has 2 heterocycles. The number of rotatable bonds is 3. The van der Waals surface area contributed by atoms with Crippen LogP contribution >= 0.6 is 0 Å². The molecule has 158 valence electrons. The molecular formula is C24H16F2N4O2. The molecule has 0 saturated heterocycles. The number of nitrogens with zero attached hydrogens (tertiary/aromatic N) is 3. The standard InChI is InChI=1S/C24H16F2N4O2/c25-14-5-7-16-18(9-14)22-13(11-27-23(16)17-3-1-2-4-19(17)26)12-28-24(30-22)29-15-6-8-20(31)21(32)10-15/h1-10,12,31-32H,11H2,(H,28,29,30). The number of hydrogen-bond acceptors (Lipinski definition) is 6. The predicted octanol–water partition coefficient (Wildman–Crippen LogP) is 4.93. The molecule has 1 aliphatic rings. The number of fused-ring (bicyclic) bond motifs is 3. The molecule has 1 aliphatic heterocycles. The molecule has 3 aromatic carbocycles. The van der Waals surface area contributed by atoms with E-state index in [1.807, 2.05) is 0 Å². The predicted molar refractivity (Wildman–Crippen MR) is 116 cm³/mol. The highest BCUT2D eigenvalue weighted by Crippen LogP contribution is 2.34. The highest BCUT2D eigenvalue weighted by atomic mass is 19.1. The van der Waals surface area contributed by atoms with E-state index in [9.17, 15) is 19.0 Å². The number of aromatic nitrogens is 2. The fourth-order valence-corrected chi connectivity index (χ4v) is 3.60. The van der Waals surface area contributed by atoms with Gasteiger partial charge in [-0.2, -0.15) is 0 Å². The molecule has 1 aromatic heterocycles. The SMILES string of the molecule is Oc1ccc(Nc2ncc3c(n2)-c2cc(F)ccc2C(c2ccccc2F)=NC3)cc1O. The molecule has 0 aliphatic carbocycles. The summed E-state index contributed by atoms with van der Waals surface area (Å²) in [5, 5.41) is 22.2. The summed E-state index contributed by atoms with van der Waals surface area (Å²) in [5.74, 6) is -1.21. The number of hydrogen-bond donors (Lipinski definition) is 3. The number of halogens is 2. The first-order valence-electron chi connectivity index (χ1n) is 9.74. The second-order valence-electron chi connectivity index (χ2n) is 7.23. The maximum absolute atomic E-state index is 14.5. The Kier molecular flexibility index (Phi) is 4.74. The molecule has 0 radical (unpaired) electrons. The smallest absolute Gasteiger partial charge is 0.227 e. The van der Waals surface area contributed by atoms with Crippen LogP contribution in [0.15, 0.2) is 71.9 Å². The van der Waals surface area contributed by atoms with Gasteiger partial charge in [0.2, 0.25) is 5.95 Å². The average Bonchev–Trinajstić information content (AvgIpc) is 2.93. The summed E-state index contributed by atoms with van der Waals surface area (Å²) in [7, 11) is 0. The fraction of sp³-hybridized carbons (Fsp3) is 0.0417. The summed E-state index contributed by atoms with van der Waals surface area (Å²) < 4.78 is 28.8. The van der Waals surface area contributed by atoms with Crippen LogP contribution in [0, 0.1) is 11.6 Å². The lowest BCUT2D eigenvalue weighted by Crippen LogP contribution is -2.07. The Morgan fingerprint density at radius 1 is 0.844 bits per heavy atom. The first-order valence-corrected chi connectivity index (χ1v) is 9.74. The maximum atomic E-state index is 14.5. The molecular weight excluding hydrogens is 414 g/mol. The third kappa shape index (κ3) is 3.51. The van der Waals surface area contributed by atoms with Crippen LogP contribution in [-0.4, -0.2) is 25.9 Å². The van der Waals surface area contributed by atoms with Crippen molar-refractivity contribution in [3.05, 3.63) is 95.2 Å². The normalized spacial score (nSPS) is 12.4. The van der Waals surface area contributed by atoms with Gasteiger partial charge in [0.25, 0.3) is 0 Å². The van der Waals surface area contributed by atoms with Gasteiger partial charge in [0.15, 0.2) is 11.5 Å². The van der Waals surface area contributed by atoms with Crippen molar-refractivity contribution in [1.82, 2.24) is 9.97 Å². The summed E-state index contributed by atoms with van der Waals surface area (Å²) in [6.45, 7) is 0.190. The van der Waals surface area contributed by atoms with Gasteiger partial charge in [-0.05, 0) is 42.5 Å². The minimum Gasteiger partial charge on any atom is -0.504 e. The van der Waals surface area contributed by atoms with Crippen LogP contribution in [0.3, 0.4) is 0 Å². The molecule has 8 heteroatoms. The van der Waals surface area contributed by atoms with E-state index < -0.39 is 11.6 Å². The monoisotopic (exact) mass is 430 g/mol.